The number of rotatable bonds is 8. The minimum Gasteiger partial charge on any atom is -0.457 e. The number of carbonyl (C=O) groups is 1. The van der Waals surface area contributed by atoms with E-state index in [-0.39, 0.29) is 11.4 Å². The molecule has 0 unspecified atom stereocenters. The van der Waals surface area contributed by atoms with Crippen molar-refractivity contribution in [3.8, 4) is 17.2 Å². The smallest absolute Gasteiger partial charge is 0.457 e. The van der Waals surface area contributed by atoms with Crippen LogP contribution in [-0.2, 0) is 14.8 Å². The van der Waals surface area contributed by atoms with E-state index in [4.69, 9.17) is 4.74 Å². The summed E-state index contributed by atoms with van der Waals surface area (Å²) in [4.78, 5) is 12.4. The molecule has 0 aromatic heterocycles. The van der Waals surface area contributed by atoms with Crippen LogP contribution in [0.15, 0.2) is 78.9 Å². The van der Waals surface area contributed by atoms with Crippen molar-refractivity contribution in [1.82, 2.24) is 0 Å². The van der Waals surface area contributed by atoms with Gasteiger partial charge in [-0.2, -0.15) is 0 Å². The molecule has 11 heteroatoms. The van der Waals surface area contributed by atoms with Crippen LogP contribution in [0.1, 0.15) is 0 Å². The Hall–Kier alpha value is -3.73. The predicted molar refractivity (Wildman–Crippen MR) is 117 cm³/mol. The van der Waals surface area contributed by atoms with Crippen LogP contribution in [0.3, 0.4) is 0 Å². The molecule has 0 heterocycles. The topological polar surface area (TPSA) is 84.9 Å². The molecular formula is C22H19F3N2O5S. The summed E-state index contributed by atoms with van der Waals surface area (Å²) in [5.41, 5.74) is 0.413. The van der Waals surface area contributed by atoms with Crippen molar-refractivity contribution in [2.75, 3.05) is 22.4 Å². The predicted octanol–water partition coefficient (Wildman–Crippen LogP) is 4.78. The quantitative estimate of drug-likeness (QED) is 0.502. The zero-order valence-electron chi connectivity index (χ0n) is 17.2. The minimum absolute atomic E-state index is 0.176. The Morgan fingerprint density at radius 3 is 1.97 bits per heavy atom. The Labute approximate surface area is 188 Å². The Morgan fingerprint density at radius 1 is 0.879 bits per heavy atom. The fourth-order valence-corrected chi connectivity index (χ4v) is 3.63. The third-order valence-electron chi connectivity index (χ3n) is 4.16. The molecule has 0 spiro atoms. The van der Waals surface area contributed by atoms with Crippen LogP contribution in [0.2, 0.25) is 0 Å². The number of halogens is 3. The second-order valence-electron chi connectivity index (χ2n) is 6.80. The van der Waals surface area contributed by atoms with Crippen molar-refractivity contribution < 1.29 is 35.9 Å². The molecule has 1 N–H and O–H groups in total. The van der Waals surface area contributed by atoms with Crippen molar-refractivity contribution in [2.24, 2.45) is 0 Å². The van der Waals surface area contributed by atoms with E-state index in [0.717, 1.165) is 22.7 Å². The van der Waals surface area contributed by atoms with Crippen LogP contribution < -0.4 is 19.1 Å². The molecular weight excluding hydrogens is 461 g/mol. The van der Waals surface area contributed by atoms with Gasteiger partial charge < -0.3 is 14.8 Å². The summed E-state index contributed by atoms with van der Waals surface area (Å²) in [5, 5.41) is 2.44. The first-order valence-electron chi connectivity index (χ1n) is 9.46. The lowest BCUT2D eigenvalue weighted by atomic mass is 10.3. The van der Waals surface area contributed by atoms with E-state index in [0.29, 0.717) is 11.5 Å². The lowest BCUT2D eigenvalue weighted by Crippen LogP contribution is -2.37. The van der Waals surface area contributed by atoms with E-state index in [1.165, 1.54) is 24.3 Å². The number of carbonyl (C=O) groups excluding carboxylic acids is 1. The van der Waals surface area contributed by atoms with E-state index in [1.807, 2.05) is 18.2 Å². The zero-order chi connectivity index (χ0) is 24.1. The van der Waals surface area contributed by atoms with Crippen molar-refractivity contribution in [2.45, 2.75) is 6.36 Å². The molecule has 0 aliphatic carbocycles. The maximum atomic E-state index is 12.4. The highest BCUT2D eigenvalue weighted by atomic mass is 32.2. The number of alkyl halides is 3. The molecule has 0 aliphatic rings. The second-order valence-corrected chi connectivity index (χ2v) is 8.71. The highest BCUT2D eigenvalue weighted by Crippen LogP contribution is 2.26. The average molecular weight is 480 g/mol. The molecule has 0 bridgehead atoms. The number of para-hydroxylation sites is 1. The number of sulfonamides is 1. The van der Waals surface area contributed by atoms with Gasteiger partial charge in [-0.3, -0.25) is 9.10 Å². The highest BCUT2D eigenvalue weighted by molar-refractivity contribution is 7.92. The maximum Gasteiger partial charge on any atom is 0.573 e. The van der Waals surface area contributed by atoms with E-state index in [2.05, 4.69) is 10.1 Å². The summed E-state index contributed by atoms with van der Waals surface area (Å²) < 4.78 is 71.6. The van der Waals surface area contributed by atoms with Crippen molar-refractivity contribution in [3.63, 3.8) is 0 Å². The van der Waals surface area contributed by atoms with Gasteiger partial charge in [-0.1, -0.05) is 18.2 Å². The van der Waals surface area contributed by atoms with E-state index >= 15 is 0 Å². The molecule has 3 rings (SSSR count). The van der Waals surface area contributed by atoms with Gasteiger partial charge in [0.2, 0.25) is 15.9 Å². The van der Waals surface area contributed by atoms with Gasteiger partial charge in [-0.25, -0.2) is 8.42 Å². The van der Waals surface area contributed by atoms with Gasteiger partial charge in [0.1, 0.15) is 23.8 Å². The standard InChI is InChI=1S/C22H19F3N2O5S/c1-33(29,30)27(17-9-13-19(14-10-17)31-18-5-3-2-4-6-18)15-21(28)26-16-7-11-20(12-8-16)32-22(23,24)25/h2-14H,15H2,1H3,(H,26,28). The number of hydrogen-bond acceptors (Lipinski definition) is 5. The van der Waals surface area contributed by atoms with Crippen LogP contribution in [-0.4, -0.2) is 33.5 Å². The Bertz CT molecular complexity index is 1180. The molecule has 33 heavy (non-hydrogen) atoms. The first-order chi connectivity index (χ1) is 15.5. The van der Waals surface area contributed by atoms with Gasteiger partial charge in [0, 0.05) is 5.69 Å². The fraction of sp³-hybridized carbons (Fsp3) is 0.136. The van der Waals surface area contributed by atoms with Crippen LogP contribution in [0.5, 0.6) is 17.2 Å². The second kappa shape index (κ2) is 9.82. The number of nitrogens with zero attached hydrogens (tertiary/aromatic N) is 1. The van der Waals surface area contributed by atoms with Crippen molar-refractivity contribution in [3.05, 3.63) is 78.9 Å². The third kappa shape index (κ3) is 7.42. The Morgan fingerprint density at radius 2 is 1.42 bits per heavy atom. The molecule has 0 saturated carbocycles. The number of nitrogens with one attached hydrogen (secondary N) is 1. The summed E-state index contributed by atoms with van der Waals surface area (Å²) in [6, 6.07) is 19.6. The SMILES string of the molecule is CS(=O)(=O)N(CC(=O)Nc1ccc(OC(F)(F)F)cc1)c1ccc(Oc2ccccc2)cc1. The number of anilines is 2. The lowest BCUT2D eigenvalue weighted by molar-refractivity contribution is -0.274. The number of benzene rings is 3. The summed E-state index contributed by atoms with van der Waals surface area (Å²) in [5.74, 6) is -0.0501. The molecule has 0 radical (unpaired) electrons. The van der Waals surface area contributed by atoms with Gasteiger partial charge in [-0.05, 0) is 60.7 Å². The summed E-state index contributed by atoms with van der Waals surface area (Å²) in [7, 11) is -3.82. The van der Waals surface area contributed by atoms with Gasteiger partial charge in [0.05, 0.1) is 11.9 Å². The maximum absolute atomic E-state index is 12.4. The third-order valence-corrected chi connectivity index (χ3v) is 5.30. The van der Waals surface area contributed by atoms with Crippen LogP contribution >= 0.6 is 0 Å². The number of amides is 1. The Balaban J connectivity index is 1.67. The van der Waals surface area contributed by atoms with Crippen LogP contribution in [0.25, 0.3) is 0 Å². The average Bonchev–Trinajstić information content (AvgIpc) is 2.73. The molecule has 1 amide bonds. The number of hydrogen-bond donors (Lipinski definition) is 1. The van der Waals surface area contributed by atoms with Gasteiger partial charge >= 0.3 is 6.36 Å². The molecule has 0 fully saturated rings. The lowest BCUT2D eigenvalue weighted by Gasteiger charge is -2.22. The summed E-state index contributed by atoms with van der Waals surface area (Å²) in [6.07, 6.45) is -3.87. The summed E-state index contributed by atoms with van der Waals surface area (Å²) >= 11 is 0. The highest BCUT2D eigenvalue weighted by Gasteiger charge is 2.31. The first kappa shape index (κ1) is 23.9. The number of ether oxygens (including phenoxy) is 2. The molecule has 3 aromatic rings. The zero-order valence-corrected chi connectivity index (χ0v) is 18.1. The molecule has 0 aliphatic heterocycles. The summed E-state index contributed by atoms with van der Waals surface area (Å²) in [6.45, 7) is -0.543. The van der Waals surface area contributed by atoms with Crippen LogP contribution in [0, 0.1) is 0 Å². The molecule has 174 valence electrons. The van der Waals surface area contributed by atoms with Gasteiger partial charge in [-0.15, -0.1) is 13.2 Å². The largest absolute Gasteiger partial charge is 0.573 e. The van der Waals surface area contributed by atoms with Crippen LogP contribution in [0.4, 0.5) is 24.5 Å². The molecule has 7 nitrogen and oxygen atoms in total. The molecule has 0 atom stereocenters. The van der Waals surface area contributed by atoms with E-state index < -0.39 is 34.6 Å². The van der Waals surface area contributed by atoms with Crippen molar-refractivity contribution in [1.29, 1.82) is 0 Å². The normalized spacial score (nSPS) is 11.5. The van der Waals surface area contributed by atoms with Gasteiger partial charge in [0.15, 0.2) is 0 Å². The van der Waals surface area contributed by atoms with E-state index in [1.54, 1.807) is 24.3 Å². The molecule has 0 saturated heterocycles. The fourth-order valence-electron chi connectivity index (χ4n) is 2.78. The minimum atomic E-state index is -4.83. The monoisotopic (exact) mass is 480 g/mol. The Kier molecular flexibility index (Phi) is 7.12. The van der Waals surface area contributed by atoms with Crippen molar-refractivity contribution >= 4 is 27.3 Å². The van der Waals surface area contributed by atoms with Gasteiger partial charge in [0.25, 0.3) is 0 Å². The molecule has 3 aromatic carbocycles. The van der Waals surface area contributed by atoms with E-state index in [9.17, 15) is 26.4 Å². The first-order valence-corrected chi connectivity index (χ1v) is 11.3.